The first-order valence-corrected chi connectivity index (χ1v) is 9.39. The van der Waals surface area contributed by atoms with Crippen molar-refractivity contribution in [3.05, 3.63) is 78.4 Å². The molecular formula is C24H26O5. The van der Waals surface area contributed by atoms with Crippen LogP contribution >= 0.6 is 0 Å². The fraction of sp³-hybridized carbons (Fsp3) is 0.250. The molecule has 152 valence electrons. The van der Waals surface area contributed by atoms with Crippen molar-refractivity contribution in [2.24, 2.45) is 0 Å². The molecule has 0 saturated carbocycles. The lowest BCUT2D eigenvalue weighted by atomic mass is 10.0. The summed E-state index contributed by atoms with van der Waals surface area (Å²) in [6.45, 7) is 1.97. The molecule has 0 aliphatic heterocycles. The van der Waals surface area contributed by atoms with Gasteiger partial charge in [0.05, 0.1) is 21.3 Å². The highest BCUT2D eigenvalue weighted by Crippen LogP contribution is 2.35. The molecule has 0 amide bonds. The lowest BCUT2D eigenvalue weighted by Gasteiger charge is -2.27. The Labute approximate surface area is 171 Å². The molecule has 0 N–H and O–H groups in total. The molecule has 0 bridgehead atoms. The molecule has 29 heavy (non-hydrogen) atoms. The number of benzene rings is 3. The summed E-state index contributed by atoms with van der Waals surface area (Å²) in [4.78, 5) is 0. The van der Waals surface area contributed by atoms with Crippen LogP contribution in [-0.4, -0.2) is 27.4 Å². The van der Waals surface area contributed by atoms with E-state index in [2.05, 4.69) is 0 Å². The maximum absolute atomic E-state index is 6.32. The van der Waals surface area contributed by atoms with E-state index in [4.69, 9.17) is 23.7 Å². The molecule has 3 aromatic carbocycles. The molecule has 2 atom stereocenters. The summed E-state index contributed by atoms with van der Waals surface area (Å²) in [7, 11) is 4.85. The molecule has 0 fully saturated rings. The summed E-state index contributed by atoms with van der Waals surface area (Å²) in [6.07, 6.45) is -0.702. The van der Waals surface area contributed by atoms with E-state index < -0.39 is 0 Å². The highest BCUT2D eigenvalue weighted by atomic mass is 16.6. The number of rotatable bonds is 9. The second-order valence-corrected chi connectivity index (χ2v) is 6.44. The number of hydrogen-bond acceptors (Lipinski definition) is 5. The number of hydrogen-bond donors (Lipinski definition) is 0. The highest BCUT2D eigenvalue weighted by Gasteiger charge is 2.25. The zero-order valence-corrected chi connectivity index (χ0v) is 17.1. The summed E-state index contributed by atoms with van der Waals surface area (Å²) < 4.78 is 28.8. The summed E-state index contributed by atoms with van der Waals surface area (Å²) >= 11 is 0. The van der Waals surface area contributed by atoms with E-state index in [0.717, 1.165) is 11.3 Å². The smallest absolute Gasteiger partial charge is 0.161 e. The van der Waals surface area contributed by atoms with Gasteiger partial charge in [-0.3, -0.25) is 0 Å². The third-order valence-corrected chi connectivity index (χ3v) is 4.55. The van der Waals surface area contributed by atoms with E-state index in [-0.39, 0.29) is 12.2 Å². The minimum atomic E-state index is -0.387. The summed E-state index contributed by atoms with van der Waals surface area (Å²) in [5, 5.41) is 0. The molecule has 2 unspecified atom stereocenters. The van der Waals surface area contributed by atoms with Crippen LogP contribution in [0.2, 0.25) is 0 Å². The maximum Gasteiger partial charge on any atom is 0.161 e. The minimum Gasteiger partial charge on any atom is -0.493 e. The number of ether oxygens (including phenoxy) is 5. The lowest BCUT2D eigenvalue weighted by molar-refractivity contribution is 0.0630. The summed E-state index contributed by atoms with van der Waals surface area (Å²) in [6, 6.07) is 23.0. The quantitative estimate of drug-likeness (QED) is 0.493. The fourth-order valence-electron chi connectivity index (χ4n) is 3.09. The first kappa shape index (κ1) is 20.4. The molecule has 0 radical (unpaired) electrons. The summed E-state index contributed by atoms with van der Waals surface area (Å²) in [5.41, 5.74) is 0.911. The van der Waals surface area contributed by atoms with Gasteiger partial charge in [0.25, 0.3) is 0 Å². The molecule has 0 aromatic heterocycles. The van der Waals surface area contributed by atoms with Crippen molar-refractivity contribution in [3.8, 4) is 28.7 Å². The normalized spacial score (nSPS) is 12.6. The molecule has 0 saturated heterocycles. The molecule has 5 heteroatoms. The van der Waals surface area contributed by atoms with E-state index in [1.165, 1.54) is 0 Å². The second kappa shape index (κ2) is 9.73. The molecule has 0 aliphatic carbocycles. The lowest BCUT2D eigenvalue weighted by Crippen LogP contribution is -2.27. The Kier molecular flexibility index (Phi) is 6.85. The van der Waals surface area contributed by atoms with Gasteiger partial charge in [-0.25, -0.2) is 0 Å². The van der Waals surface area contributed by atoms with E-state index in [1.54, 1.807) is 21.3 Å². The van der Waals surface area contributed by atoms with Crippen LogP contribution in [0.15, 0.2) is 72.8 Å². The van der Waals surface area contributed by atoms with Gasteiger partial charge < -0.3 is 23.7 Å². The third kappa shape index (κ3) is 4.93. The Morgan fingerprint density at radius 3 is 1.83 bits per heavy atom. The number of para-hydroxylation sites is 3. The molecule has 5 nitrogen and oxygen atoms in total. The zero-order chi connectivity index (χ0) is 20.6. The van der Waals surface area contributed by atoms with Crippen molar-refractivity contribution >= 4 is 0 Å². The van der Waals surface area contributed by atoms with E-state index >= 15 is 0 Å². The van der Waals surface area contributed by atoms with Gasteiger partial charge in [0.15, 0.2) is 29.1 Å². The van der Waals surface area contributed by atoms with Crippen LogP contribution < -0.4 is 23.7 Å². The van der Waals surface area contributed by atoms with E-state index in [9.17, 15) is 0 Å². The number of methoxy groups -OCH3 is 3. The first-order chi connectivity index (χ1) is 14.2. The first-order valence-electron chi connectivity index (χ1n) is 9.39. The molecule has 0 spiro atoms. The largest absolute Gasteiger partial charge is 0.493 e. The molecule has 0 heterocycles. The van der Waals surface area contributed by atoms with E-state index in [1.807, 2.05) is 79.7 Å². The van der Waals surface area contributed by atoms with Crippen molar-refractivity contribution in [3.63, 3.8) is 0 Å². The van der Waals surface area contributed by atoms with Crippen molar-refractivity contribution in [1.29, 1.82) is 0 Å². The van der Waals surface area contributed by atoms with Gasteiger partial charge in [-0.1, -0.05) is 36.4 Å². The van der Waals surface area contributed by atoms with Crippen LogP contribution in [-0.2, 0) is 0 Å². The monoisotopic (exact) mass is 394 g/mol. The highest BCUT2D eigenvalue weighted by molar-refractivity contribution is 5.44. The Morgan fingerprint density at radius 2 is 1.17 bits per heavy atom. The fourth-order valence-corrected chi connectivity index (χ4v) is 3.09. The van der Waals surface area contributed by atoms with Gasteiger partial charge in [-0.2, -0.15) is 0 Å². The SMILES string of the molecule is COc1ccc(C(Oc2ccccc2)C(C)Oc2ccccc2OC)cc1OC. The van der Waals surface area contributed by atoms with Crippen LogP contribution in [0, 0.1) is 0 Å². The van der Waals surface area contributed by atoms with Crippen LogP contribution in [0.3, 0.4) is 0 Å². The zero-order valence-electron chi connectivity index (χ0n) is 17.1. The average Bonchev–Trinajstić information content (AvgIpc) is 2.78. The Hall–Kier alpha value is -3.34. The van der Waals surface area contributed by atoms with Crippen molar-refractivity contribution < 1.29 is 23.7 Å². The van der Waals surface area contributed by atoms with Crippen LogP contribution in [0.5, 0.6) is 28.7 Å². The Bertz CT molecular complexity index is 910. The van der Waals surface area contributed by atoms with Gasteiger partial charge in [-0.15, -0.1) is 0 Å². The molecule has 3 aromatic rings. The van der Waals surface area contributed by atoms with Crippen LogP contribution in [0.4, 0.5) is 0 Å². The topological polar surface area (TPSA) is 46.2 Å². The van der Waals surface area contributed by atoms with Crippen molar-refractivity contribution in [2.45, 2.75) is 19.1 Å². The predicted octanol–water partition coefficient (Wildman–Crippen LogP) is 5.30. The molecular weight excluding hydrogens is 368 g/mol. The van der Waals surface area contributed by atoms with Gasteiger partial charge >= 0.3 is 0 Å². The van der Waals surface area contributed by atoms with Gasteiger partial charge in [0.1, 0.15) is 11.9 Å². The van der Waals surface area contributed by atoms with Gasteiger partial charge in [0.2, 0.25) is 0 Å². The van der Waals surface area contributed by atoms with Crippen LogP contribution in [0.25, 0.3) is 0 Å². The van der Waals surface area contributed by atoms with Crippen LogP contribution in [0.1, 0.15) is 18.6 Å². The third-order valence-electron chi connectivity index (χ3n) is 4.55. The van der Waals surface area contributed by atoms with Crippen molar-refractivity contribution in [1.82, 2.24) is 0 Å². The summed E-state index contributed by atoms with van der Waals surface area (Å²) in [5.74, 6) is 3.38. The second-order valence-electron chi connectivity index (χ2n) is 6.44. The maximum atomic E-state index is 6.32. The van der Waals surface area contributed by atoms with Crippen molar-refractivity contribution in [2.75, 3.05) is 21.3 Å². The predicted molar refractivity (Wildman–Crippen MR) is 112 cm³/mol. The van der Waals surface area contributed by atoms with Gasteiger partial charge in [-0.05, 0) is 43.3 Å². The Morgan fingerprint density at radius 1 is 0.586 bits per heavy atom. The molecule has 0 aliphatic rings. The standard InChI is InChI=1S/C24H26O5/c1-17(28-22-13-9-8-12-20(22)25-2)24(29-19-10-6-5-7-11-19)18-14-15-21(26-3)23(16-18)27-4/h5-17,24H,1-4H3. The average molecular weight is 394 g/mol. The van der Waals surface area contributed by atoms with E-state index in [0.29, 0.717) is 23.0 Å². The molecule has 3 rings (SSSR count). The Balaban J connectivity index is 1.94. The minimum absolute atomic E-state index is 0.315. The van der Waals surface area contributed by atoms with Gasteiger partial charge in [0, 0.05) is 5.56 Å².